The number of halogens is 4. The Balaban J connectivity index is 2.52. The van der Waals surface area contributed by atoms with E-state index in [1.807, 2.05) is 0 Å². The van der Waals surface area contributed by atoms with Crippen LogP contribution in [0.3, 0.4) is 0 Å². The fraction of sp³-hybridized carbons (Fsp3) is 1.00. The van der Waals surface area contributed by atoms with Crippen molar-refractivity contribution in [3.8, 4) is 0 Å². The fourth-order valence-electron chi connectivity index (χ4n) is 1.04. The van der Waals surface area contributed by atoms with Crippen molar-refractivity contribution < 1.29 is 0 Å². The molecule has 1 saturated carbocycles. The van der Waals surface area contributed by atoms with Crippen LogP contribution in [0.2, 0.25) is 0 Å². The number of rotatable bonds is 0. The van der Waals surface area contributed by atoms with Crippen LogP contribution in [-0.2, 0) is 0 Å². The maximum absolute atomic E-state index is 5.86. The van der Waals surface area contributed by atoms with Gasteiger partial charge in [-0.15, -0.1) is 46.4 Å². The van der Waals surface area contributed by atoms with E-state index in [4.69, 9.17) is 46.4 Å². The molecule has 0 aromatic rings. The minimum Gasteiger partial charge on any atom is -0.121 e. The Morgan fingerprint density at radius 1 is 0.700 bits per heavy atom. The molecule has 4 atom stereocenters. The van der Waals surface area contributed by atoms with E-state index in [1.165, 1.54) is 0 Å². The molecule has 0 heterocycles. The molecule has 0 aromatic heterocycles. The SMILES string of the molecule is Cl[C@@H]1[C@H](Cl)[C@@H](Cl)CC[C@@H]1Cl. The van der Waals surface area contributed by atoms with Gasteiger partial charge in [-0.2, -0.15) is 0 Å². The van der Waals surface area contributed by atoms with E-state index >= 15 is 0 Å². The second-order valence-corrected chi connectivity index (χ2v) is 4.63. The van der Waals surface area contributed by atoms with Crippen molar-refractivity contribution in [2.45, 2.75) is 34.3 Å². The lowest BCUT2D eigenvalue weighted by atomic mass is 9.99. The molecule has 60 valence electrons. The zero-order valence-corrected chi connectivity index (χ0v) is 8.26. The minimum atomic E-state index is -0.181. The molecule has 0 aromatic carbocycles. The first-order valence-electron chi connectivity index (χ1n) is 3.19. The molecule has 0 radical (unpaired) electrons. The molecule has 10 heavy (non-hydrogen) atoms. The fourth-order valence-corrected chi connectivity index (χ4v) is 2.35. The lowest BCUT2D eigenvalue weighted by Crippen LogP contribution is -2.37. The van der Waals surface area contributed by atoms with Crippen molar-refractivity contribution >= 4 is 46.4 Å². The summed E-state index contributed by atoms with van der Waals surface area (Å²) in [5, 5.41) is -0.391. The van der Waals surface area contributed by atoms with E-state index in [0.717, 1.165) is 12.8 Å². The summed E-state index contributed by atoms with van der Waals surface area (Å²) >= 11 is 23.4. The second kappa shape index (κ2) is 3.71. The highest BCUT2D eigenvalue weighted by atomic mass is 35.5. The van der Waals surface area contributed by atoms with Gasteiger partial charge in [0.2, 0.25) is 0 Å². The van der Waals surface area contributed by atoms with Crippen LogP contribution in [0, 0.1) is 0 Å². The van der Waals surface area contributed by atoms with Crippen LogP contribution < -0.4 is 0 Å². The molecule has 0 nitrogen and oxygen atoms in total. The van der Waals surface area contributed by atoms with Gasteiger partial charge in [0.1, 0.15) is 0 Å². The highest BCUT2D eigenvalue weighted by Crippen LogP contribution is 2.34. The maximum Gasteiger partial charge on any atom is 0.0677 e. The van der Waals surface area contributed by atoms with Crippen LogP contribution in [0.1, 0.15) is 12.8 Å². The normalized spacial score (nSPS) is 49.2. The Hall–Kier alpha value is 1.16. The lowest BCUT2D eigenvalue weighted by Gasteiger charge is -2.30. The van der Waals surface area contributed by atoms with Crippen LogP contribution in [0.4, 0.5) is 0 Å². The smallest absolute Gasteiger partial charge is 0.0677 e. The summed E-state index contributed by atoms with van der Waals surface area (Å²) in [6.45, 7) is 0. The summed E-state index contributed by atoms with van der Waals surface area (Å²) in [4.78, 5) is 0. The average molecular weight is 222 g/mol. The van der Waals surface area contributed by atoms with Crippen molar-refractivity contribution in [2.75, 3.05) is 0 Å². The lowest BCUT2D eigenvalue weighted by molar-refractivity contribution is 0.531. The van der Waals surface area contributed by atoms with E-state index in [0.29, 0.717) is 0 Å². The van der Waals surface area contributed by atoms with Gasteiger partial charge in [0.25, 0.3) is 0 Å². The molecule has 0 saturated heterocycles. The number of hydrogen-bond donors (Lipinski definition) is 0. The Kier molecular flexibility index (Phi) is 3.43. The Morgan fingerprint density at radius 3 is 1.30 bits per heavy atom. The third-order valence-corrected chi connectivity index (χ3v) is 4.23. The highest BCUT2D eigenvalue weighted by Gasteiger charge is 2.35. The molecule has 0 bridgehead atoms. The zero-order valence-electron chi connectivity index (χ0n) is 5.24. The summed E-state index contributed by atoms with van der Waals surface area (Å²) in [5.74, 6) is 0. The first kappa shape index (κ1) is 9.25. The van der Waals surface area contributed by atoms with Crippen molar-refractivity contribution in [3.05, 3.63) is 0 Å². The maximum atomic E-state index is 5.86. The number of hydrogen-bond acceptors (Lipinski definition) is 0. The standard InChI is InChI=1S/C6H8Cl4/c7-3-1-2-4(8)6(10)5(3)9/h3-6H,1-2H2/t3-,4-,5-,6+/m0/s1. The third kappa shape index (κ3) is 1.85. The van der Waals surface area contributed by atoms with Crippen molar-refractivity contribution in [3.63, 3.8) is 0 Å². The first-order chi connectivity index (χ1) is 4.63. The predicted octanol–water partition coefficient (Wildman–Crippen LogP) is 3.21. The quantitative estimate of drug-likeness (QED) is 0.552. The summed E-state index contributed by atoms with van der Waals surface area (Å²) < 4.78 is 0. The Labute approximate surface area is 80.8 Å². The topological polar surface area (TPSA) is 0 Å². The second-order valence-electron chi connectivity index (χ2n) is 2.50. The van der Waals surface area contributed by atoms with Gasteiger partial charge in [0.15, 0.2) is 0 Å². The first-order valence-corrected chi connectivity index (χ1v) is 4.94. The average Bonchev–Trinajstić information content (AvgIpc) is 1.93. The van der Waals surface area contributed by atoms with Crippen molar-refractivity contribution in [1.82, 2.24) is 0 Å². The van der Waals surface area contributed by atoms with Gasteiger partial charge in [-0.1, -0.05) is 0 Å². The third-order valence-electron chi connectivity index (χ3n) is 1.71. The Bertz CT molecular complexity index is 102. The van der Waals surface area contributed by atoms with Gasteiger partial charge >= 0.3 is 0 Å². The van der Waals surface area contributed by atoms with E-state index in [9.17, 15) is 0 Å². The van der Waals surface area contributed by atoms with Crippen LogP contribution in [-0.4, -0.2) is 21.5 Å². The van der Waals surface area contributed by atoms with Crippen molar-refractivity contribution in [1.29, 1.82) is 0 Å². The summed E-state index contributed by atoms with van der Waals surface area (Å²) in [5.41, 5.74) is 0. The minimum absolute atomic E-state index is 0.0147. The molecule has 0 aliphatic heterocycles. The van der Waals surface area contributed by atoms with Gasteiger partial charge in [0, 0.05) is 0 Å². The molecule has 4 heteroatoms. The van der Waals surface area contributed by atoms with Gasteiger partial charge in [0.05, 0.1) is 21.5 Å². The molecular formula is C6H8Cl4. The van der Waals surface area contributed by atoms with E-state index in [1.54, 1.807) is 0 Å². The zero-order chi connectivity index (χ0) is 7.72. The van der Waals surface area contributed by atoms with Crippen LogP contribution in [0.25, 0.3) is 0 Å². The van der Waals surface area contributed by atoms with Gasteiger partial charge in [-0.3, -0.25) is 0 Å². The molecule has 1 fully saturated rings. The van der Waals surface area contributed by atoms with E-state index in [-0.39, 0.29) is 21.5 Å². The molecule has 0 unspecified atom stereocenters. The monoisotopic (exact) mass is 220 g/mol. The highest BCUT2D eigenvalue weighted by molar-refractivity contribution is 6.38. The molecule has 0 N–H and O–H groups in total. The molecule has 0 amide bonds. The van der Waals surface area contributed by atoms with Gasteiger partial charge < -0.3 is 0 Å². The summed E-state index contributed by atoms with van der Waals surface area (Å²) in [7, 11) is 0. The molecule has 0 spiro atoms. The van der Waals surface area contributed by atoms with Crippen LogP contribution >= 0.6 is 46.4 Å². The van der Waals surface area contributed by atoms with Gasteiger partial charge in [-0.05, 0) is 12.8 Å². The number of alkyl halides is 4. The van der Waals surface area contributed by atoms with Crippen molar-refractivity contribution in [2.24, 2.45) is 0 Å². The predicted molar refractivity (Wildman–Crippen MR) is 47.8 cm³/mol. The van der Waals surface area contributed by atoms with E-state index < -0.39 is 0 Å². The molecule has 1 aliphatic carbocycles. The molecule has 1 aliphatic rings. The van der Waals surface area contributed by atoms with E-state index in [2.05, 4.69) is 0 Å². The largest absolute Gasteiger partial charge is 0.121 e. The molecule has 1 rings (SSSR count). The summed E-state index contributed by atoms with van der Waals surface area (Å²) in [6, 6.07) is 0. The van der Waals surface area contributed by atoms with Gasteiger partial charge in [-0.25, -0.2) is 0 Å². The van der Waals surface area contributed by atoms with Crippen LogP contribution in [0.5, 0.6) is 0 Å². The summed E-state index contributed by atoms with van der Waals surface area (Å²) in [6.07, 6.45) is 1.74. The Morgan fingerprint density at radius 2 is 1.00 bits per heavy atom. The van der Waals surface area contributed by atoms with Crippen LogP contribution in [0.15, 0.2) is 0 Å². The molecular weight excluding hydrogens is 214 g/mol.